The fraction of sp³-hybridized carbons (Fsp3) is 0.400. The molecule has 0 nitrogen and oxygen atoms in total. The minimum atomic E-state index is 1.11. The number of aryl methyl sites for hydroxylation is 1. The molecule has 0 aliphatic heterocycles. The van der Waals surface area contributed by atoms with Crippen LogP contribution in [0.2, 0.25) is 0 Å². The molecule has 0 saturated carbocycles. The van der Waals surface area contributed by atoms with Crippen molar-refractivity contribution in [3.05, 3.63) is 59.2 Å². The van der Waals surface area contributed by atoms with E-state index in [-0.39, 0.29) is 0 Å². The van der Waals surface area contributed by atoms with Crippen LogP contribution >= 0.6 is 0 Å². The second-order valence-corrected chi connectivity index (χ2v) is 5.99. The fourth-order valence-corrected chi connectivity index (χ4v) is 3.26. The van der Waals surface area contributed by atoms with E-state index < -0.39 is 0 Å². The van der Waals surface area contributed by atoms with Crippen LogP contribution in [0.3, 0.4) is 0 Å². The number of unbranched alkanes of at least 4 members (excludes halogenated alkanes) is 4. The van der Waals surface area contributed by atoms with Gasteiger partial charge in [0.15, 0.2) is 0 Å². The summed E-state index contributed by atoms with van der Waals surface area (Å²) in [4.78, 5) is 0. The quantitative estimate of drug-likeness (QED) is 0.496. The van der Waals surface area contributed by atoms with E-state index in [4.69, 9.17) is 0 Å². The van der Waals surface area contributed by atoms with Crippen molar-refractivity contribution in [2.45, 2.75) is 51.9 Å². The molecule has 1 aliphatic rings. The van der Waals surface area contributed by atoms with Crippen LogP contribution in [0.1, 0.15) is 55.7 Å². The van der Waals surface area contributed by atoms with Gasteiger partial charge in [0.25, 0.3) is 0 Å². The molecule has 1 aliphatic carbocycles. The van der Waals surface area contributed by atoms with Crippen molar-refractivity contribution < 1.29 is 0 Å². The van der Waals surface area contributed by atoms with Crippen LogP contribution in [-0.4, -0.2) is 0 Å². The highest BCUT2D eigenvalue weighted by molar-refractivity contribution is 5.77. The lowest BCUT2D eigenvalue weighted by atomic mass is 9.99. The molecule has 20 heavy (non-hydrogen) atoms. The molecule has 104 valence electrons. The number of fused-ring (bicyclic) bond motifs is 3. The van der Waals surface area contributed by atoms with Crippen LogP contribution < -0.4 is 0 Å². The van der Waals surface area contributed by atoms with Gasteiger partial charge in [-0.05, 0) is 47.1 Å². The largest absolute Gasteiger partial charge is 0.0654 e. The summed E-state index contributed by atoms with van der Waals surface area (Å²) in [5.41, 5.74) is 7.43. The maximum atomic E-state index is 2.43. The predicted molar refractivity (Wildman–Crippen MR) is 87.1 cm³/mol. The molecule has 0 heteroatoms. The lowest BCUT2D eigenvalue weighted by Crippen LogP contribution is -1.88. The van der Waals surface area contributed by atoms with Crippen molar-refractivity contribution in [1.29, 1.82) is 0 Å². The monoisotopic (exact) mass is 264 g/mol. The number of hydrogen-bond donors (Lipinski definition) is 0. The zero-order valence-electron chi connectivity index (χ0n) is 12.5. The highest BCUT2D eigenvalue weighted by Crippen LogP contribution is 2.36. The van der Waals surface area contributed by atoms with Crippen molar-refractivity contribution in [2.75, 3.05) is 0 Å². The third kappa shape index (κ3) is 2.80. The van der Waals surface area contributed by atoms with E-state index >= 15 is 0 Å². The van der Waals surface area contributed by atoms with Gasteiger partial charge in [-0.1, -0.05) is 75.1 Å². The normalized spacial score (nSPS) is 12.2. The van der Waals surface area contributed by atoms with Gasteiger partial charge in [-0.2, -0.15) is 0 Å². The number of rotatable bonds is 6. The Hall–Kier alpha value is -1.56. The van der Waals surface area contributed by atoms with Gasteiger partial charge in [-0.25, -0.2) is 0 Å². The SMILES string of the molecule is CCCCCCCc1ccc2c(c1)-c1ccccc1C2. The van der Waals surface area contributed by atoms with Gasteiger partial charge in [-0.3, -0.25) is 0 Å². The van der Waals surface area contributed by atoms with Crippen LogP contribution in [0.15, 0.2) is 42.5 Å². The Morgan fingerprint density at radius 2 is 1.60 bits per heavy atom. The second kappa shape index (κ2) is 6.26. The average Bonchev–Trinajstić information content (AvgIpc) is 2.85. The van der Waals surface area contributed by atoms with Crippen LogP contribution in [0.4, 0.5) is 0 Å². The molecule has 0 radical (unpaired) electrons. The molecule has 2 aromatic rings. The van der Waals surface area contributed by atoms with E-state index in [1.807, 2.05) is 0 Å². The molecular weight excluding hydrogens is 240 g/mol. The smallest absolute Gasteiger partial charge is 0.00135 e. The lowest BCUT2D eigenvalue weighted by molar-refractivity contribution is 0.632. The summed E-state index contributed by atoms with van der Waals surface area (Å²) in [6.45, 7) is 2.28. The first-order chi connectivity index (χ1) is 9.88. The zero-order valence-corrected chi connectivity index (χ0v) is 12.5. The maximum absolute atomic E-state index is 2.43. The third-order valence-electron chi connectivity index (χ3n) is 4.43. The van der Waals surface area contributed by atoms with Crippen molar-refractivity contribution in [3.63, 3.8) is 0 Å². The van der Waals surface area contributed by atoms with E-state index in [0.717, 1.165) is 6.42 Å². The van der Waals surface area contributed by atoms with E-state index in [1.54, 1.807) is 0 Å². The van der Waals surface area contributed by atoms with Crippen molar-refractivity contribution in [2.24, 2.45) is 0 Å². The Morgan fingerprint density at radius 3 is 2.50 bits per heavy atom. The van der Waals surface area contributed by atoms with E-state index in [1.165, 1.54) is 66.3 Å². The second-order valence-electron chi connectivity index (χ2n) is 5.99. The maximum Gasteiger partial charge on any atom is -0.00135 e. The topological polar surface area (TPSA) is 0 Å². The Balaban J connectivity index is 1.68. The van der Waals surface area contributed by atoms with Gasteiger partial charge in [0.05, 0.1) is 0 Å². The molecule has 3 rings (SSSR count). The summed E-state index contributed by atoms with van der Waals surface area (Å²) in [5.74, 6) is 0. The minimum Gasteiger partial charge on any atom is -0.0654 e. The molecule has 0 saturated heterocycles. The summed E-state index contributed by atoms with van der Waals surface area (Å²) in [6.07, 6.45) is 9.17. The molecule has 0 aromatic heterocycles. The lowest BCUT2D eigenvalue weighted by Gasteiger charge is -2.06. The Kier molecular flexibility index (Phi) is 4.20. The van der Waals surface area contributed by atoms with Crippen LogP contribution in [-0.2, 0) is 12.8 Å². The first kappa shape index (κ1) is 13.4. The minimum absolute atomic E-state index is 1.11. The molecule has 0 bridgehead atoms. The molecule has 0 N–H and O–H groups in total. The first-order valence-corrected chi connectivity index (χ1v) is 8.08. The predicted octanol–water partition coefficient (Wildman–Crippen LogP) is 5.77. The fourth-order valence-electron chi connectivity index (χ4n) is 3.26. The van der Waals surface area contributed by atoms with Gasteiger partial charge in [0.2, 0.25) is 0 Å². The van der Waals surface area contributed by atoms with Crippen molar-refractivity contribution in [3.8, 4) is 11.1 Å². The highest BCUT2D eigenvalue weighted by Gasteiger charge is 2.17. The summed E-state index contributed by atoms with van der Waals surface area (Å²) >= 11 is 0. The molecule has 0 atom stereocenters. The van der Waals surface area contributed by atoms with E-state index in [2.05, 4.69) is 49.4 Å². The zero-order chi connectivity index (χ0) is 13.8. The van der Waals surface area contributed by atoms with E-state index in [0.29, 0.717) is 0 Å². The third-order valence-corrected chi connectivity index (χ3v) is 4.43. The van der Waals surface area contributed by atoms with E-state index in [9.17, 15) is 0 Å². The molecule has 0 spiro atoms. The Labute approximate surface area is 122 Å². The van der Waals surface area contributed by atoms with Crippen LogP contribution in [0, 0.1) is 0 Å². The molecule has 0 fully saturated rings. The van der Waals surface area contributed by atoms with Gasteiger partial charge < -0.3 is 0 Å². The summed E-state index contributed by atoms with van der Waals surface area (Å²) < 4.78 is 0. The van der Waals surface area contributed by atoms with Crippen molar-refractivity contribution in [1.82, 2.24) is 0 Å². The van der Waals surface area contributed by atoms with Gasteiger partial charge in [-0.15, -0.1) is 0 Å². The molecule has 2 aromatic carbocycles. The van der Waals surface area contributed by atoms with Crippen molar-refractivity contribution >= 4 is 0 Å². The van der Waals surface area contributed by atoms with Gasteiger partial charge in [0.1, 0.15) is 0 Å². The Bertz CT molecular complexity index is 580. The van der Waals surface area contributed by atoms with Crippen LogP contribution in [0.5, 0.6) is 0 Å². The number of benzene rings is 2. The highest BCUT2D eigenvalue weighted by atomic mass is 14.2. The summed E-state index contributed by atoms with van der Waals surface area (Å²) in [6, 6.07) is 16.0. The van der Waals surface area contributed by atoms with Gasteiger partial charge >= 0.3 is 0 Å². The summed E-state index contributed by atoms with van der Waals surface area (Å²) in [5, 5.41) is 0. The van der Waals surface area contributed by atoms with Crippen LogP contribution in [0.25, 0.3) is 11.1 Å². The van der Waals surface area contributed by atoms with Gasteiger partial charge in [0, 0.05) is 0 Å². The Morgan fingerprint density at radius 1 is 0.800 bits per heavy atom. The summed E-state index contributed by atoms with van der Waals surface area (Å²) in [7, 11) is 0. The molecule has 0 amide bonds. The molecular formula is C20H24. The molecule has 0 heterocycles. The average molecular weight is 264 g/mol. The standard InChI is InChI=1S/C20H24/c1-2-3-4-5-6-9-16-12-13-18-15-17-10-7-8-11-19(17)20(18)14-16/h7-8,10-14H,2-6,9,15H2,1H3. The molecule has 0 unspecified atom stereocenters. The first-order valence-electron chi connectivity index (χ1n) is 8.08. The number of hydrogen-bond acceptors (Lipinski definition) is 0.